The Hall–Kier alpha value is -0.600. The average molecular weight is 198 g/mol. The van der Waals surface area contributed by atoms with Gasteiger partial charge < -0.3 is 9.84 Å². The van der Waals surface area contributed by atoms with E-state index >= 15 is 0 Å². The topological polar surface area (TPSA) is 29.5 Å². The molecule has 2 atom stereocenters. The third kappa shape index (κ3) is 4.07. The molecule has 0 aliphatic rings. The molecule has 0 saturated carbocycles. The highest BCUT2D eigenvalue weighted by Gasteiger charge is 2.15. The molecule has 0 saturated heterocycles. The number of aliphatic hydroxyl groups excluding tert-OH is 1. The van der Waals surface area contributed by atoms with Crippen molar-refractivity contribution >= 4 is 0 Å². The molecule has 0 aliphatic carbocycles. The maximum Gasteiger partial charge on any atom is 0.0838 e. The van der Waals surface area contributed by atoms with E-state index in [9.17, 15) is 0 Å². The number of aliphatic hydroxyl groups is 1. The maximum atomic E-state index is 8.91. The van der Waals surface area contributed by atoms with Crippen LogP contribution in [0.3, 0.4) is 0 Å². The third-order valence-corrected chi connectivity index (χ3v) is 2.43. The van der Waals surface area contributed by atoms with E-state index in [2.05, 4.69) is 26.0 Å². The molecule has 0 fully saturated rings. The zero-order valence-corrected chi connectivity index (χ0v) is 9.87. The molecular formula is C12H22O2. The van der Waals surface area contributed by atoms with Gasteiger partial charge in [0, 0.05) is 13.0 Å². The normalized spacial score (nSPS) is 18.1. The summed E-state index contributed by atoms with van der Waals surface area (Å²) in [6.07, 6.45) is 4.23. The summed E-state index contributed by atoms with van der Waals surface area (Å²) in [6, 6.07) is 0. The van der Waals surface area contributed by atoms with Crippen LogP contribution in [0.5, 0.6) is 0 Å². The van der Waals surface area contributed by atoms with E-state index in [1.807, 2.05) is 13.8 Å². The molecular weight excluding hydrogens is 176 g/mol. The summed E-state index contributed by atoms with van der Waals surface area (Å²) in [5.74, 6) is 0.295. The van der Waals surface area contributed by atoms with Crippen molar-refractivity contribution < 1.29 is 9.84 Å². The fourth-order valence-electron chi connectivity index (χ4n) is 1.57. The molecule has 2 heteroatoms. The lowest BCUT2D eigenvalue weighted by Gasteiger charge is -2.21. The van der Waals surface area contributed by atoms with Gasteiger partial charge in [-0.1, -0.05) is 24.6 Å². The molecule has 0 radical (unpaired) electrons. The van der Waals surface area contributed by atoms with Crippen LogP contribution in [0.4, 0.5) is 0 Å². The highest BCUT2D eigenvalue weighted by Crippen LogP contribution is 2.18. The Balaban J connectivity index is 4.55. The predicted molar refractivity (Wildman–Crippen MR) is 60.2 cm³/mol. The Morgan fingerprint density at radius 3 is 2.36 bits per heavy atom. The molecule has 0 spiro atoms. The van der Waals surface area contributed by atoms with Crippen molar-refractivity contribution in [3.05, 3.63) is 23.3 Å². The number of hydrogen-bond donors (Lipinski definition) is 1. The Bertz CT molecular complexity index is 216. The molecule has 0 heterocycles. The van der Waals surface area contributed by atoms with Crippen molar-refractivity contribution in [1.29, 1.82) is 0 Å². The second-order valence-corrected chi connectivity index (χ2v) is 3.72. The Kier molecular flexibility index (Phi) is 6.50. The lowest BCUT2D eigenvalue weighted by Crippen LogP contribution is -2.20. The van der Waals surface area contributed by atoms with Gasteiger partial charge in [0.05, 0.1) is 12.7 Å². The van der Waals surface area contributed by atoms with Crippen molar-refractivity contribution in [2.75, 3.05) is 13.7 Å². The summed E-state index contributed by atoms with van der Waals surface area (Å²) < 4.78 is 5.42. The highest BCUT2D eigenvalue weighted by molar-refractivity contribution is 5.11. The van der Waals surface area contributed by atoms with Crippen LogP contribution in [-0.2, 0) is 4.74 Å². The first-order chi connectivity index (χ1) is 6.56. The molecule has 0 aromatic carbocycles. The quantitative estimate of drug-likeness (QED) is 0.688. The van der Waals surface area contributed by atoms with Crippen molar-refractivity contribution in [1.82, 2.24) is 0 Å². The second kappa shape index (κ2) is 6.80. The molecule has 0 bridgehead atoms. The molecule has 0 aromatic rings. The van der Waals surface area contributed by atoms with Crippen LogP contribution in [0.2, 0.25) is 0 Å². The van der Waals surface area contributed by atoms with Crippen LogP contribution < -0.4 is 0 Å². The summed E-state index contributed by atoms with van der Waals surface area (Å²) in [6.45, 7) is 8.22. The van der Waals surface area contributed by atoms with E-state index in [4.69, 9.17) is 9.84 Å². The largest absolute Gasteiger partial charge is 0.392 e. The van der Waals surface area contributed by atoms with E-state index in [1.165, 1.54) is 5.57 Å². The summed E-state index contributed by atoms with van der Waals surface area (Å²) in [7, 11) is 1.72. The monoisotopic (exact) mass is 198 g/mol. The van der Waals surface area contributed by atoms with E-state index in [-0.39, 0.29) is 12.7 Å². The highest BCUT2D eigenvalue weighted by atomic mass is 16.5. The van der Waals surface area contributed by atoms with Gasteiger partial charge in [-0.2, -0.15) is 0 Å². The molecule has 0 aromatic heterocycles. The average Bonchev–Trinajstić information content (AvgIpc) is 2.18. The van der Waals surface area contributed by atoms with Gasteiger partial charge in [-0.05, 0) is 26.3 Å². The van der Waals surface area contributed by atoms with Gasteiger partial charge in [0.2, 0.25) is 0 Å². The maximum absolute atomic E-state index is 8.91. The van der Waals surface area contributed by atoms with E-state index < -0.39 is 0 Å². The van der Waals surface area contributed by atoms with E-state index in [0.29, 0.717) is 5.92 Å². The van der Waals surface area contributed by atoms with Gasteiger partial charge in [0.25, 0.3) is 0 Å². The minimum atomic E-state index is 0.113. The molecule has 0 unspecified atom stereocenters. The van der Waals surface area contributed by atoms with E-state index in [0.717, 1.165) is 5.57 Å². The van der Waals surface area contributed by atoms with Gasteiger partial charge in [-0.25, -0.2) is 0 Å². The van der Waals surface area contributed by atoms with Gasteiger partial charge in [-0.15, -0.1) is 0 Å². The smallest absolute Gasteiger partial charge is 0.0838 e. The molecule has 0 amide bonds. The zero-order valence-electron chi connectivity index (χ0n) is 9.87. The summed E-state index contributed by atoms with van der Waals surface area (Å²) in [5.41, 5.74) is 2.21. The molecule has 2 nitrogen and oxygen atoms in total. The summed E-state index contributed by atoms with van der Waals surface area (Å²) in [5, 5.41) is 8.91. The molecule has 82 valence electrons. The lowest BCUT2D eigenvalue weighted by molar-refractivity contribution is 0.103. The van der Waals surface area contributed by atoms with Gasteiger partial charge >= 0.3 is 0 Å². The lowest BCUT2D eigenvalue weighted by atomic mass is 9.96. The molecule has 0 aliphatic heterocycles. The first kappa shape index (κ1) is 13.4. The molecule has 0 rings (SSSR count). The fourth-order valence-corrected chi connectivity index (χ4v) is 1.57. The van der Waals surface area contributed by atoms with Gasteiger partial charge in [0.15, 0.2) is 0 Å². The van der Waals surface area contributed by atoms with Crippen LogP contribution in [0.25, 0.3) is 0 Å². The molecule has 14 heavy (non-hydrogen) atoms. The van der Waals surface area contributed by atoms with Gasteiger partial charge in [-0.3, -0.25) is 0 Å². The first-order valence-electron chi connectivity index (χ1n) is 5.00. The van der Waals surface area contributed by atoms with Gasteiger partial charge in [0.1, 0.15) is 0 Å². The number of rotatable bonds is 5. The number of methoxy groups -OCH3 is 1. The molecule has 1 N–H and O–H groups in total. The number of ether oxygens (including phenoxy) is 1. The van der Waals surface area contributed by atoms with Crippen LogP contribution >= 0.6 is 0 Å². The third-order valence-electron chi connectivity index (χ3n) is 2.43. The van der Waals surface area contributed by atoms with E-state index in [1.54, 1.807) is 7.11 Å². The van der Waals surface area contributed by atoms with Crippen molar-refractivity contribution in [3.63, 3.8) is 0 Å². The van der Waals surface area contributed by atoms with Crippen LogP contribution in [-0.4, -0.2) is 24.9 Å². The second-order valence-electron chi connectivity index (χ2n) is 3.72. The summed E-state index contributed by atoms with van der Waals surface area (Å²) in [4.78, 5) is 0. The minimum absolute atomic E-state index is 0.113. The van der Waals surface area contributed by atoms with Crippen LogP contribution in [0.1, 0.15) is 27.7 Å². The Morgan fingerprint density at radius 1 is 1.43 bits per heavy atom. The standard InChI is InChI=1S/C12H22O2/c1-6-10(3)12(14-5)11(4)7-9(2)8-13/h6-7,11-13H,8H2,1-5H3/b9-7-,10-6+/t11-,12+/m1/s1. The summed E-state index contributed by atoms with van der Waals surface area (Å²) >= 11 is 0. The van der Waals surface area contributed by atoms with Crippen LogP contribution in [0.15, 0.2) is 23.3 Å². The fraction of sp³-hybridized carbons (Fsp3) is 0.667. The SMILES string of the molecule is C/C=C(\C)[C@H](OC)[C@H](C)/C=C(/C)CO. The first-order valence-corrected chi connectivity index (χ1v) is 5.00. The Morgan fingerprint density at radius 2 is 2.00 bits per heavy atom. The van der Waals surface area contributed by atoms with Crippen molar-refractivity contribution in [2.24, 2.45) is 5.92 Å². The Labute approximate surface area is 87.3 Å². The predicted octanol–water partition coefficient (Wildman–Crippen LogP) is 2.54. The number of hydrogen-bond acceptors (Lipinski definition) is 2. The van der Waals surface area contributed by atoms with Crippen LogP contribution in [0, 0.1) is 5.92 Å². The van der Waals surface area contributed by atoms with Crippen molar-refractivity contribution in [2.45, 2.75) is 33.8 Å². The van der Waals surface area contributed by atoms with Crippen molar-refractivity contribution in [3.8, 4) is 0 Å². The number of allylic oxidation sites excluding steroid dienone is 1. The minimum Gasteiger partial charge on any atom is -0.392 e. The zero-order chi connectivity index (χ0) is 11.1.